The summed E-state index contributed by atoms with van der Waals surface area (Å²) in [6.45, 7) is 3.08. The van der Waals surface area contributed by atoms with Gasteiger partial charge in [-0.3, -0.25) is 4.79 Å². The molecule has 1 amide bonds. The summed E-state index contributed by atoms with van der Waals surface area (Å²) in [4.78, 5) is 13.9. The summed E-state index contributed by atoms with van der Waals surface area (Å²) in [5.74, 6) is 0.547. The first-order valence-electron chi connectivity index (χ1n) is 6.95. The fourth-order valence-corrected chi connectivity index (χ4v) is 2.35. The van der Waals surface area contributed by atoms with Crippen LogP contribution in [0.1, 0.15) is 26.2 Å². The molecule has 0 aromatic heterocycles. The monoisotopic (exact) mass is 278 g/mol. The Hall–Kier alpha value is -1.75. The lowest BCUT2D eigenvalue weighted by atomic mass is 9.98. The summed E-state index contributed by atoms with van der Waals surface area (Å²) in [5.41, 5.74) is 5.60. The number of nitrogens with two attached hydrogens (primary N) is 1. The van der Waals surface area contributed by atoms with E-state index in [1.54, 1.807) is 29.2 Å². The van der Waals surface area contributed by atoms with Crippen LogP contribution in [0.3, 0.4) is 0 Å². The zero-order valence-corrected chi connectivity index (χ0v) is 11.8. The predicted molar refractivity (Wildman–Crippen MR) is 77.4 cm³/mol. The number of benzene rings is 1. The van der Waals surface area contributed by atoms with Crippen molar-refractivity contribution in [2.45, 2.75) is 31.8 Å². The molecule has 0 bridgehead atoms. The number of amides is 1. The molecule has 1 heterocycles. The number of nitrogen functional groups attached to an aromatic ring is 1. The first kappa shape index (κ1) is 14.7. The molecule has 110 valence electrons. The van der Waals surface area contributed by atoms with Crippen molar-refractivity contribution >= 4 is 11.6 Å². The molecule has 5 heteroatoms. The van der Waals surface area contributed by atoms with E-state index in [4.69, 9.17) is 10.5 Å². The molecular weight excluding hydrogens is 256 g/mol. The van der Waals surface area contributed by atoms with Crippen molar-refractivity contribution < 1.29 is 14.6 Å². The summed E-state index contributed by atoms with van der Waals surface area (Å²) in [6, 6.07) is 7.03. The SMILES string of the molecule is CC1(O)CCCN(C(=O)COc2cccc(N)c2)CC1. The number of anilines is 1. The van der Waals surface area contributed by atoms with Gasteiger partial charge in [-0.15, -0.1) is 0 Å². The van der Waals surface area contributed by atoms with Gasteiger partial charge < -0.3 is 20.5 Å². The molecule has 1 aromatic carbocycles. The van der Waals surface area contributed by atoms with E-state index in [0.717, 1.165) is 12.8 Å². The van der Waals surface area contributed by atoms with Crippen molar-refractivity contribution in [2.75, 3.05) is 25.4 Å². The molecular formula is C15H22N2O3. The molecule has 5 nitrogen and oxygen atoms in total. The first-order valence-corrected chi connectivity index (χ1v) is 6.95. The Morgan fingerprint density at radius 1 is 1.45 bits per heavy atom. The summed E-state index contributed by atoms with van der Waals surface area (Å²) >= 11 is 0. The van der Waals surface area contributed by atoms with E-state index in [1.165, 1.54) is 0 Å². The van der Waals surface area contributed by atoms with Gasteiger partial charge in [-0.2, -0.15) is 0 Å². The van der Waals surface area contributed by atoms with E-state index in [-0.39, 0.29) is 12.5 Å². The van der Waals surface area contributed by atoms with Crippen LogP contribution in [-0.4, -0.2) is 41.2 Å². The van der Waals surface area contributed by atoms with Gasteiger partial charge in [-0.1, -0.05) is 6.07 Å². The Bertz CT molecular complexity index is 474. The molecule has 1 unspecified atom stereocenters. The van der Waals surface area contributed by atoms with Gasteiger partial charge in [-0.05, 0) is 38.3 Å². The number of aliphatic hydroxyl groups is 1. The Morgan fingerprint density at radius 3 is 3.00 bits per heavy atom. The average Bonchev–Trinajstić information content (AvgIpc) is 2.57. The minimum atomic E-state index is -0.663. The number of nitrogens with zero attached hydrogens (tertiary/aromatic N) is 1. The number of carbonyl (C=O) groups is 1. The van der Waals surface area contributed by atoms with Gasteiger partial charge in [0.25, 0.3) is 5.91 Å². The zero-order valence-electron chi connectivity index (χ0n) is 11.8. The fourth-order valence-electron chi connectivity index (χ4n) is 2.35. The third-order valence-electron chi connectivity index (χ3n) is 3.64. The minimum absolute atomic E-state index is 0.00555. The maximum atomic E-state index is 12.1. The second-order valence-electron chi connectivity index (χ2n) is 5.59. The van der Waals surface area contributed by atoms with E-state index in [0.29, 0.717) is 30.9 Å². The molecule has 1 atom stereocenters. The number of hydrogen-bond donors (Lipinski definition) is 2. The van der Waals surface area contributed by atoms with E-state index in [1.807, 2.05) is 6.92 Å². The highest BCUT2D eigenvalue weighted by molar-refractivity contribution is 5.77. The van der Waals surface area contributed by atoms with Crippen molar-refractivity contribution in [3.05, 3.63) is 24.3 Å². The second-order valence-corrected chi connectivity index (χ2v) is 5.59. The zero-order chi connectivity index (χ0) is 14.6. The Labute approximate surface area is 119 Å². The lowest BCUT2D eigenvalue weighted by molar-refractivity contribution is -0.133. The molecule has 3 N–H and O–H groups in total. The molecule has 20 heavy (non-hydrogen) atoms. The standard InChI is InChI=1S/C15H22N2O3/c1-15(19)6-3-8-17(9-7-15)14(18)11-20-13-5-2-4-12(16)10-13/h2,4-5,10,19H,3,6-9,11,16H2,1H3. The number of carbonyl (C=O) groups excluding carboxylic acids is 1. The fraction of sp³-hybridized carbons (Fsp3) is 0.533. The molecule has 1 aliphatic heterocycles. The molecule has 0 radical (unpaired) electrons. The van der Waals surface area contributed by atoms with E-state index >= 15 is 0 Å². The summed E-state index contributed by atoms with van der Waals surface area (Å²) in [7, 11) is 0. The van der Waals surface area contributed by atoms with Gasteiger partial charge in [0, 0.05) is 24.8 Å². The van der Waals surface area contributed by atoms with Crippen LogP contribution in [0.15, 0.2) is 24.3 Å². The normalized spacial score (nSPS) is 23.2. The number of likely N-dealkylation sites (tertiary alicyclic amines) is 1. The highest BCUT2D eigenvalue weighted by atomic mass is 16.5. The van der Waals surface area contributed by atoms with Gasteiger partial charge >= 0.3 is 0 Å². The molecule has 1 saturated heterocycles. The lowest BCUT2D eigenvalue weighted by Gasteiger charge is -2.22. The number of rotatable bonds is 3. The average molecular weight is 278 g/mol. The van der Waals surface area contributed by atoms with Gasteiger partial charge in [0.15, 0.2) is 6.61 Å². The van der Waals surface area contributed by atoms with E-state index in [2.05, 4.69) is 0 Å². The molecule has 2 rings (SSSR count). The number of ether oxygens (including phenoxy) is 1. The third kappa shape index (κ3) is 4.13. The lowest BCUT2D eigenvalue weighted by Crippen LogP contribution is -2.36. The molecule has 1 aromatic rings. The van der Waals surface area contributed by atoms with Crippen LogP contribution < -0.4 is 10.5 Å². The van der Waals surface area contributed by atoms with Crippen LogP contribution in [0.25, 0.3) is 0 Å². The van der Waals surface area contributed by atoms with Crippen molar-refractivity contribution in [3.63, 3.8) is 0 Å². The first-order chi connectivity index (χ1) is 9.46. The highest BCUT2D eigenvalue weighted by Gasteiger charge is 2.27. The van der Waals surface area contributed by atoms with Crippen LogP contribution in [0.2, 0.25) is 0 Å². The van der Waals surface area contributed by atoms with Gasteiger partial charge in [0.2, 0.25) is 0 Å². The second kappa shape index (κ2) is 6.13. The minimum Gasteiger partial charge on any atom is -0.484 e. The van der Waals surface area contributed by atoms with Crippen LogP contribution in [0.4, 0.5) is 5.69 Å². The Morgan fingerprint density at radius 2 is 2.25 bits per heavy atom. The van der Waals surface area contributed by atoms with Crippen molar-refractivity contribution in [3.8, 4) is 5.75 Å². The topological polar surface area (TPSA) is 75.8 Å². The Balaban J connectivity index is 1.85. The van der Waals surface area contributed by atoms with Crippen molar-refractivity contribution in [1.82, 2.24) is 4.90 Å². The maximum absolute atomic E-state index is 12.1. The van der Waals surface area contributed by atoms with Crippen LogP contribution >= 0.6 is 0 Å². The smallest absolute Gasteiger partial charge is 0.260 e. The van der Waals surface area contributed by atoms with Crippen molar-refractivity contribution in [1.29, 1.82) is 0 Å². The Kier molecular flexibility index (Phi) is 4.49. The summed E-state index contributed by atoms with van der Waals surface area (Å²) in [6.07, 6.45) is 2.15. The summed E-state index contributed by atoms with van der Waals surface area (Å²) < 4.78 is 5.46. The third-order valence-corrected chi connectivity index (χ3v) is 3.64. The molecule has 1 fully saturated rings. The highest BCUT2D eigenvalue weighted by Crippen LogP contribution is 2.21. The molecule has 0 aliphatic carbocycles. The quantitative estimate of drug-likeness (QED) is 0.820. The van der Waals surface area contributed by atoms with Gasteiger partial charge in [0.1, 0.15) is 5.75 Å². The molecule has 0 saturated carbocycles. The largest absolute Gasteiger partial charge is 0.484 e. The summed E-state index contributed by atoms with van der Waals surface area (Å²) in [5, 5.41) is 10.0. The van der Waals surface area contributed by atoms with E-state index < -0.39 is 5.60 Å². The van der Waals surface area contributed by atoms with Gasteiger partial charge in [0.05, 0.1) is 5.60 Å². The maximum Gasteiger partial charge on any atom is 0.260 e. The van der Waals surface area contributed by atoms with Crippen LogP contribution in [-0.2, 0) is 4.79 Å². The van der Waals surface area contributed by atoms with Crippen LogP contribution in [0.5, 0.6) is 5.75 Å². The molecule has 1 aliphatic rings. The van der Waals surface area contributed by atoms with Gasteiger partial charge in [-0.25, -0.2) is 0 Å². The predicted octanol–water partition coefficient (Wildman–Crippen LogP) is 1.41. The van der Waals surface area contributed by atoms with Crippen molar-refractivity contribution in [2.24, 2.45) is 0 Å². The number of hydrogen-bond acceptors (Lipinski definition) is 4. The molecule has 0 spiro atoms. The van der Waals surface area contributed by atoms with Crippen LogP contribution in [0, 0.1) is 0 Å². The van der Waals surface area contributed by atoms with E-state index in [9.17, 15) is 9.90 Å².